The summed E-state index contributed by atoms with van der Waals surface area (Å²) in [5, 5.41) is 0. The van der Waals surface area contributed by atoms with Gasteiger partial charge >= 0.3 is 0 Å². The molecule has 14 heavy (non-hydrogen) atoms. The number of hydrogen-bond acceptors (Lipinski definition) is 4. The largest absolute Gasteiger partial charge is 0.283 e. The predicted octanol–water partition coefficient (Wildman–Crippen LogP) is -1.10. The number of nitrogens with zero attached hydrogens (tertiary/aromatic N) is 4. The van der Waals surface area contributed by atoms with Gasteiger partial charge < -0.3 is 0 Å². The van der Waals surface area contributed by atoms with Gasteiger partial charge in [-0.05, 0) is 0 Å². The first-order chi connectivity index (χ1) is 6.93. The molecule has 0 bridgehead atoms. The van der Waals surface area contributed by atoms with Crippen molar-refractivity contribution in [3.8, 4) is 0 Å². The van der Waals surface area contributed by atoms with Crippen molar-refractivity contribution in [1.82, 2.24) is 19.6 Å². The molecule has 4 aliphatic heterocycles. The maximum Gasteiger partial charge on any atom is 0.0923 e. The molecule has 4 fully saturated rings. The van der Waals surface area contributed by atoms with E-state index in [1.165, 1.54) is 52.4 Å². The van der Waals surface area contributed by atoms with E-state index in [4.69, 9.17) is 0 Å². The van der Waals surface area contributed by atoms with Gasteiger partial charge in [-0.1, -0.05) is 0 Å². The minimum Gasteiger partial charge on any atom is -0.283 e. The number of piperazine rings is 2. The minimum absolute atomic E-state index is 0.736. The van der Waals surface area contributed by atoms with Crippen molar-refractivity contribution in [3.63, 3.8) is 0 Å². The molecule has 4 nitrogen and oxygen atoms in total. The summed E-state index contributed by atoms with van der Waals surface area (Å²) in [4.78, 5) is 10.8. The molecule has 4 saturated heterocycles. The van der Waals surface area contributed by atoms with Gasteiger partial charge in [0.1, 0.15) is 0 Å². The van der Waals surface area contributed by atoms with Gasteiger partial charge in [-0.25, -0.2) is 0 Å². The van der Waals surface area contributed by atoms with E-state index < -0.39 is 0 Å². The molecule has 0 N–H and O–H groups in total. The topological polar surface area (TPSA) is 13.0 Å². The first-order valence-corrected chi connectivity index (χ1v) is 5.90. The Morgan fingerprint density at radius 2 is 0.643 bits per heavy atom. The van der Waals surface area contributed by atoms with Crippen molar-refractivity contribution in [3.05, 3.63) is 0 Å². The van der Waals surface area contributed by atoms with Gasteiger partial charge in [-0.15, -0.1) is 0 Å². The second kappa shape index (κ2) is 2.70. The SMILES string of the molecule is C1CN2CCN3CCN4CCN1[C@H]2[C@H]34. The Hall–Kier alpha value is -0.160. The monoisotopic (exact) mass is 194 g/mol. The quantitative estimate of drug-likeness (QED) is 0.485. The van der Waals surface area contributed by atoms with E-state index in [0.717, 1.165) is 12.3 Å². The third-order valence-corrected chi connectivity index (χ3v) is 4.46. The van der Waals surface area contributed by atoms with E-state index in [0.29, 0.717) is 0 Å². The highest BCUT2D eigenvalue weighted by Crippen LogP contribution is 2.32. The van der Waals surface area contributed by atoms with E-state index in [9.17, 15) is 0 Å². The van der Waals surface area contributed by atoms with Crippen LogP contribution in [0.2, 0.25) is 0 Å². The molecule has 4 heteroatoms. The molecule has 0 atom stereocenters. The molecule has 4 heterocycles. The van der Waals surface area contributed by atoms with Crippen LogP contribution in [0.25, 0.3) is 0 Å². The summed E-state index contributed by atoms with van der Waals surface area (Å²) in [6.07, 6.45) is 1.47. The Labute approximate surface area is 85.0 Å². The van der Waals surface area contributed by atoms with Gasteiger partial charge in [0.2, 0.25) is 0 Å². The molecule has 4 rings (SSSR count). The van der Waals surface area contributed by atoms with Gasteiger partial charge in [0.05, 0.1) is 12.3 Å². The lowest BCUT2D eigenvalue weighted by Gasteiger charge is -2.49. The highest BCUT2D eigenvalue weighted by atomic mass is 15.6. The Kier molecular flexibility index (Phi) is 1.55. The zero-order valence-electron chi connectivity index (χ0n) is 8.60. The lowest BCUT2D eigenvalue weighted by molar-refractivity contribution is -0.0745. The average Bonchev–Trinajstić information content (AvgIpc) is 2.77. The smallest absolute Gasteiger partial charge is 0.0923 e. The Bertz CT molecular complexity index is 207. The Morgan fingerprint density at radius 3 is 0.857 bits per heavy atom. The molecule has 0 aliphatic carbocycles. The first-order valence-electron chi connectivity index (χ1n) is 5.90. The van der Waals surface area contributed by atoms with Crippen molar-refractivity contribution in [2.24, 2.45) is 0 Å². The molecular formula is C10H18N4. The lowest BCUT2D eigenvalue weighted by atomic mass is 10.2. The molecule has 0 aromatic carbocycles. The van der Waals surface area contributed by atoms with Gasteiger partial charge in [0.25, 0.3) is 0 Å². The van der Waals surface area contributed by atoms with E-state index in [1.807, 2.05) is 0 Å². The standard InChI is InChI=1S/C10H18N4/c1-2-12-7-8-14-4-3-13-6-5-11(1)9(12)10(13)14/h9-10H,1-8H2/t9-,10+. The summed E-state index contributed by atoms with van der Waals surface area (Å²) in [6, 6.07) is 0. The molecule has 0 spiro atoms. The van der Waals surface area contributed by atoms with Gasteiger partial charge in [0, 0.05) is 52.4 Å². The summed E-state index contributed by atoms with van der Waals surface area (Å²) in [6.45, 7) is 10.4. The fraction of sp³-hybridized carbons (Fsp3) is 1.00. The first kappa shape index (κ1) is 8.05. The van der Waals surface area contributed by atoms with Crippen LogP contribution >= 0.6 is 0 Å². The minimum atomic E-state index is 0.736. The van der Waals surface area contributed by atoms with Crippen LogP contribution in [0.5, 0.6) is 0 Å². The molecule has 0 radical (unpaired) electrons. The molecule has 4 aliphatic rings. The summed E-state index contributed by atoms with van der Waals surface area (Å²) in [5.74, 6) is 0. The molecule has 0 unspecified atom stereocenters. The molecular weight excluding hydrogens is 176 g/mol. The van der Waals surface area contributed by atoms with Crippen molar-refractivity contribution < 1.29 is 0 Å². The number of hydrogen-bond donors (Lipinski definition) is 0. The average molecular weight is 194 g/mol. The third kappa shape index (κ3) is 0.877. The zero-order chi connectivity index (χ0) is 9.12. The van der Waals surface area contributed by atoms with Crippen LogP contribution in [-0.2, 0) is 0 Å². The van der Waals surface area contributed by atoms with Gasteiger partial charge in [0.15, 0.2) is 0 Å². The van der Waals surface area contributed by atoms with Crippen molar-refractivity contribution in [2.45, 2.75) is 12.3 Å². The van der Waals surface area contributed by atoms with E-state index in [1.54, 1.807) is 0 Å². The second-order valence-electron chi connectivity index (χ2n) is 4.97. The zero-order valence-corrected chi connectivity index (χ0v) is 8.60. The van der Waals surface area contributed by atoms with Gasteiger partial charge in [-0.2, -0.15) is 0 Å². The maximum atomic E-state index is 2.69. The van der Waals surface area contributed by atoms with Crippen LogP contribution < -0.4 is 0 Å². The summed E-state index contributed by atoms with van der Waals surface area (Å²) >= 11 is 0. The predicted molar refractivity (Wildman–Crippen MR) is 53.9 cm³/mol. The van der Waals surface area contributed by atoms with Crippen LogP contribution in [-0.4, -0.2) is 84.3 Å². The molecule has 0 aromatic rings. The molecule has 0 saturated carbocycles. The second-order valence-corrected chi connectivity index (χ2v) is 4.97. The summed E-state index contributed by atoms with van der Waals surface area (Å²) in [7, 11) is 0. The van der Waals surface area contributed by atoms with Crippen LogP contribution in [0.3, 0.4) is 0 Å². The van der Waals surface area contributed by atoms with Crippen LogP contribution in [0.1, 0.15) is 0 Å². The van der Waals surface area contributed by atoms with Crippen molar-refractivity contribution >= 4 is 0 Å². The van der Waals surface area contributed by atoms with Crippen molar-refractivity contribution in [1.29, 1.82) is 0 Å². The van der Waals surface area contributed by atoms with Crippen LogP contribution in [0, 0.1) is 0 Å². The lowest BCUT2D eigenvalue weighted by Crippen LogP contribution is -2.66. The van der Waals surface area contributed by atoms with E-state index >= 15 is 0 Å². The normalized spacial score (nSPS) is 44.6. The maximum absolute atomic E-state index is 2.69. The highest BCUT2D eigenvalue weighted by molar-refractivity contribution is 5.01. The summed E-state index contributed by atoms with van der Waals surface area (Å²) < 4.78 is 0. The van der Waals surface area contributed by atoms with Gasteiger partial charge in [-0.3, -0.25) is 19.6 Å². The Morgan fingerprint density at radius 1 is 0.429 bits per heavy atom. The fourth-order valence-electron chi connectivity index (χ4n) is 3.75. The van der Waals surface area contributed by atoms with E-state index in [-0.39, 0.29) is 0 Å². The van der Waals surface area contributed by atoms with Crippen LogP contribution in [0.4, 0.5) is 0 Å². The fourth-order valence-corrected chi connectivity index (χ4v) is 3.75. The van der Waals surface area contributed by atoms with Crippen LogP contribution in [0.15, 0.2) is 0 Å². The molecule has 0 amide bonds. The number of rotatable bonds is 0. The van der Waals surface area contributed by atoms with Crippen molar-refractivity contribution in [2.75, 3.05) is 52.4 Å². The third-order valence-electron chi connectivity index (χ3n) is 4.46. The van der Waals surface area contributed by atoms with E-state index in [2.05, 4.69) is 19.6 Å². The summed E-state index contributed by atoms with van der Waals surface area (Å²) in [5.41, 5.74) is 0. The Balaban J connectivity index is 1.73. The highest BCUT2D eigenvalue weighted by Gasteiger charge is 2.50. The molecule has 78 valence electrons. The molecule has 0 aromatic heterocycles.